The number of hydrogen-bond donors (Lipinski definition) is 0. The van der Waals surface area contributed by atoms with Gasteiger partial charge in [-0.15, -0.1) is 3.89 Å². The van der Waals surface area contributed by atoms with E-state index in [9.17, 15) is 17.1 Å². The molecular weight excluding hydrogens is 171 g/mol. The summed E-state index contributed by atoms with van der Waals surface area (Å²) in [4.78, 5) is 10.8. The highest BCUT2D eigenvalue weighted by molar-refractivity contribution is 7.86. The second-order valence-corrected chi connectivity index (χ2v) is 4.10. The molecule has 5 heteroatoms. The van der Waals surface area contributed by atoms with Gasteiger partial charge in [0.2, 0.25) is 0 Å². The predicted molar refractivity (Wildman–Crippen MR) is 39.4 cm³/mol. The zero-order chi connectivity index (χ0) is 9.07. The van der Waals surface area contributed by atoms with Crippen LogP contribution in [0.2, 0.25) is 0 Å². The Kier molecular flexibility index (Phi) is 3.65. The van der Waals surface area contributed by atoms with Gasteiger partial charge in [0.15, 0.2) is 0 Å². The molecule has 0 bridgehead atoms. The van der Waals surface area contributed by atoms with Gasteiger partial charge in [0, 0.05) is 12.3 Å². The molecule has 0 aromatic rings. The Hall–Kier alpha value is -0.450. The lowest BCUT2D eigenvalue weighted by molar-refractivity contribution is -0.121. The molecule has 66 valence electrons. The summed E-state index contributed by atoms with van der Waals surface area (Å²) in [6, 6.07) is 0. The van der Waals surface area contributed by atoms with Crippen LogP contribution in [0, 0.1) is 5.92 Å². The number of carbonyl (C=O) groups excluding carboxylic acids is 1. The Labute approximate surface area is 65.8 Å². The molecule has 0 aliphatic carbocycles. The van der Waals surface area contributed by atoms with E-state index in [-0.39, 0.29) is 18.1 Å². The summed E-state index contributed by atoms with van der Waals surface area (Å²) in [6.07, 6.45) is -0.226. The molecule has 0 unspecified atom stereocenters. The van der Waals surface area contributed by atoms with Crippen LogP contribution in [-0.2, 0) is 15.0 Å². The fourth-order valence-electron chi connectivity index (χ4n) is 0.511. The maximum atomic E-state index is 11.8. The number of rotatable bonds is 4. The van der Waals surface area contributed by atoms with Crippen LogP contribution in [0.4, 0.5) is 3.89 Å². The second kappa shape index (κ2) is 3.80. The topological polar surface area (TPSA) is 51.2 Å². The molecule has 11 heavy (non-hydrogen) atoms. The van der Waals surface area contributed by atoms with Gasteiger partial charge in [-0.1, -0.05) is 13.8 Å². The summed E-state index contributed by atoms with van der Waals surface area (Å²) in [5, 5.41) is 0. The minimum Gasteiger partial charge on any atom is -0.299 e. The van der Waals surface area contributed by atoms with E-state index < -0.39 is 16.0 Å². The van der Waals surface area contributed by atoms with Crippen LogP contribution in [-0.4, -0.2) is 20.0 Å². The number of ketones is 1. The van der Waals surface area contributed by atoms with Gasteiger partial charge in [0.05, 0.1) is 5.75 Å². The lowest BCUT2D eigenvalue weighted by Crippen LogP contribution is -2.11. The SMILES string of the molecule is CC(C)C(=O)CCS(=O)(=O)F. The van der Waals surface area contributed by atoms with Gasteiger partial charge in [0.25, 0.3) is 0 Å². The van der Waals surface area contributed by atoms with Gasteiger partial charge in [-0.25, -0.2) is 0 Å². The third kappa shape index (κ3) is 5.97. The summed E-state index contributed by atoms with van der Waals surface area (Å²) >= 11 is 0. The molecule has 0 N–H and O–H groups in total. The third-order valence-corrected chi connectivity index (χ3v) is 1.93. The van der Waals surface area contributed by atoms with Crippen LogP contribution in [0.1, 0.15) is 20.3 Å². The van der Waals surface area contributed by atoms with Crippen molar-refractivity contribution in [3.8, 4) is 0 Å². The Morgan fingerprint density at radius 2 is 1.91 bits per heavy atom. The molecule has 0 radical (unpaired) electrons. The normalized spacial score (nSPS) is 12.0. The first-order valence-electron chi connectivity index (χ1n) is 3.28. The molecule has 0 saturated heterocycles. The Bertz CT molecular complexity index is 230. The standard InChI is InChI=1S/C6H11FO3S/c1-5(2)6(8)3-4-11(7,9)10/h5H,3-4H2,1-2H3. The molecule has 0 aromatic carbocycles. The monoisotopic (exact) mass is 182 g/mol. The number of Topliss-reactive ketones (excluding diaryl/α,β-unsaturated/α-hetero) is 1. The van der Waals surface area contributed by atoms with Crippen molar-refractivity contribution in [3.63, 3.8) is 0 Å². The summed E-state index contributed by atoms with van der Waals surface area (Å²) in [5.41, 5.74) is 0. The molecule has 0 aromatic heterocycles. The molecule has 0 saturated carbocycles. The largest absolute Gasteiger partial charge is 0.302 e. The first-order chi connectivity index (χ1) is 4.83. The highest BCUT2D eigenvalue weighted by Gasteiger charge is 2.13. The fourth-order valence-corrected chi connectivity index (χ4v) is 0.956. The zero-order valence-electron chi connectivity index (χ0n) is 6.50. The van der Waals surface area contributed by atoms with E-state index in [0.717, 1.165) is 0 Å². The zero-order valence-corrected chi connectivity index (χ0v) is 7.32. The van der Waals surface area contributed by atoms with E-state index in [1.165, 1.54) is 0 Å². The maximum Gasteiger partial charge on any atom is 0.302 e. The average Bonchev–Trinajstić information content (AvgIpc) is 1.80. The van der Waals surface area contributed by atoms with E-state index in [1.807, 2.05) is 0 Å². The van der Waals surface area contributed by atoms with Gasteiger partial charge < -0.3 is 0 Å². The van der Waals surface area contributed by atoms with Crippen molar-refractivity contribution in [2.24, 2.45) is 5.92 Å². The smallest absolute Gasteiger partial charge is 0.299 e. The van der Waals surface area contributed by atoms with Crippen molar-refractivity contribution < 1.29 is 17.1 Å². The van der Waals surface area contributed by atoms with Crippen LogP contribution in [0.15, 0.2) is 0 Å². The van der Waals surface area contributed by atoms with Crippen molar-refractivity contribution in [3.05, 3.63) is 0 Å². The molecule has 0 aliphatic rings. The van der Waals surface area contributed by atoms with E-state index >= 15 is 0 Å². The molecule has 3 nitrogen and oxygen atoms in total. The summed E-state index contributed by atoms with van der Waals surface area (Å²) < 4.78 is 31.7. The fraction of sp³-hybridized carbons (Fsp3) is 0.833. The lowest BCUT2D eigenvalue weighted by atomic mass is 10.1. The van der Waals surface area contributed by atoms with Crippen molar-refractivity contribution in [2.75, 3.05) is 5.75 Å². The molecule has 0 aliphatic heterocycles. The second-order valence-electron chi connectivity index (χ2n) is 2.61. The van der Waals surface area contributed by atoms with E-state index in [0.29, 0.717) is 0 Å². The van der Waals surface area contributed by atoms with Crippen molar-refractivity contribution in [2.45, 2.75) is 20.3 Å². The molecule has 0 spiro atoms. The number of carbonyl (C=O) groups is 1. The van der Waals surface area contributed by atoms with Crippen molar-refractivity contribution >= 4 is 16.0 Å². The first kappa shape index (κ1) is 10.6. The summed E-state index contributed by atoms with van der Waals surface area (Å²) in [5.74, 6) is -1.15. The van der Waals surface area contributed by atoms with Gasteiger partial charge in [-0.05, 0) is 0 Å². The van der Waals surface area contributed by atoms with Gasteiger partial charge in [-0.2, -0.15) is 8.42 Å². The minimum absolute atomic E-state index is 0.225. The lowest BCUT2D eigenvalue weighted by Gasteiger charge is -2.00. The molecule has 0 amide bonds. The molecule has 0 fully saturated rings. The van der Waals surface area contributed by atoms with Gasteiger partial charge in [-0.3, -0.25) is 4.79 Å². The molecular formula is C6H11FO3S. The summed E-state index contributed by atoms with van der Waals surface area (Å²) in [7, 11) is -4.47. The quantitative estimate of drug-likeness (QED) is 0.607. The Balaban J connectivity index is 3.83. The first-order valence-corrected chi connectivity index (χ1v) is 4.83. The van der Waals surface area contributed by atoms with E-state index in [1.54, 1.807) is 13.8 Å². The van der Waals surface area contributed by atoms with Crippen molar-refractivity contribution in [1.29, 1.82) is 0 Å². The van der Waals surface area contributed by atoms with Crippen LogP contribution >= 0.6 is 0 Å². The highest BCUT2D eigenvalue weighted by Crippen LogP contribution is 2.02. The minimum atomic E-state index is -4.47. The molecule has 0 atom stereocenters. The molecule has 0 heterocycles. The highest BCUT2D eigenvalue weighted by atomic mass is 32.3. The summed E-state index contributed by atoms with van der Waals surface area (Å²) in [6.45, 7) is 3.29. The van der Waals surface area contributed by atoms with Crippen LogP contribution in [0.3, 0.4) is 0 Å². The van der Waals surface area contributed by atoms with E-state index in [4.69, 9.17) is 0 Å². The third-order valence-electron chi connectivity index (χ3n) is 1.24. The Morgan fingerprint density at radius 3 is 2.18 bits per heavy atom. The maximum absolute atomic E-state index is 11.8. The van der Waals surface area contributed by atoms with Gasteiger partial charge >= 0.3 is 10.2 Å². The van der Waals surface area contributed by atoms with Crippen LogP contribution in [0.5, 0.6) is 0 Å². The molecule has 0 rings (SSSR count). The predicted octanol–water partition coefficient (Wildman–Crippen LogP) is 0.901. The van der Waals surface area contributed by atoms with Crippen molar-refractivity contribution in [1.82, 2.24) is 0 Å². The van der Waals surface area contributed by atoms with Gasteiger partial charge in [0.1, 0.15) is 5.78 Å². The van der Waals surface area contributed by atoms with Crippen LogP contribution < -0.4 is 0 Å². The average molecular weight is 182 g/mol. The van der Waals surface area contributed by atoms with Crippen LogP contribution in [0.25, 0.3) is 0 Å². The Morgan fingerprint density at radius 1 is 1.45 bits per heavy atom. The number of halogens is 1. The number of hydrogen-bond acceptors (Lipinski definition) is 3. The van der Waals surface area contributed by atoms with E-state index in [2.05, 4.69) is 0 Å².